The third-order valence-electron chi connectivity index (χ3n) is 4.54. The first kappa shape index (κ1) is 18.8. The molecule has 2 rings (SSSR count). The van der Waals surface area contributed by atoms with Gasteiger partial charge in [0, 0.05) is 52.3 Å². The van der Waals surface area contributed by atoms with E-state index in [1.54, 1.807) is 0 Å². The number of rotatable bonds is 7. The fraction of sp³-hybridized carbons (Fsp3) is 0.778. The lowest BCUT2D eigenvalue weighted by Gasteiger charge is -2.39. The van der Waals surface area contributed by atoms with Crippen LogP contribution in [-0.4, -0.2) is 60.3 Å². The highest BCUT2D eigenvalue weighted by molar-refractivity contribution is 5.80. The van der Waals surface area contributed by atoms with E-state index in [0.29, 0.717) is 17.9 Å². The minimum atomic E-state index is 0.453. The average molecular weight is 335 g/mol. The average Bonchev–Trinajstić information content (AvgIpc) is 3.09. The van der Waals surface area contributed by atoms with Crippen molar-refractivity contribution in [2.24, 2.45) is 16.8 Å². The summed E-state index contributed by atoms with van der Waals surface area (Å²) in [5.74, 6) is 2.25. The number of nitrogens with one attached hydrogen (secondary N) is 1. The second-order valence-corrected chi connectivity index (χ2v) is 7.09. The van der Waals surface area contributed by atoms with Gasteiger partial charge in [0.25, 0.3) is 0 Å². The lowest BCUT2D eigenvalue weighted by Crippen LogP contribution is -2.49. The molecule has 2 heterocycles. The van der Waals surface area contributed by atoms with Gasteiger partial charge in [-0.2, -0.15) is 0 Å². The number of aliphatic imine (C=N–C) groups is 1. The molecule has 24 heavy (non-hydrogen) atoms. The summed E-state index contributed by atoms with van der Waals surface area (Å²) in [6.07, 6.45) is 8.01. The molecular formula is C18H33N5O. The van der Waals surface area contributed by atoms with Gasteiger partial charge in [0.2, 0.25) is 0 Å². The molecule has 0 amide bonds. The summed E-state index contributed by atoms with van der Waals surface area (Å²) in [6, 6.07) is 0.453. The Kier molecular flexibility index (Phi) is 7.56. The van der Waals surface area contributed by atoms with Crippen molar-refractivity contribution in [2.45, 2.75) is 39.7 Å². The summed E-state index contributed by atoms with van der Waals surface area (Å²) < 4.78 is 7.86. The zero-order valence-electron chi connectivity index (χ0n) is 15.6. The highest BCUT2D eigenvalue weighted by atomic mass is 16.5. The molecule has 1 aromatic rings. The zero-order chi connectivity index (χ0) is 17.4. The number of likely N-dealkylation sites (tertiary alicyclic amines) is 1. The number of hydrogen-bond donors (Lipinski definition) is 1. The van der Waals surface area contributed by atoms with Crippen LogP contribution in [0.15, 0.2) is 23.7 Å². The van der Waals surface area contributed by atoms with Gasteiger partial charge < -0.3 is 19.5 Å². The Labute approximate surface area is 146 Å². The van der Waals surface area contributed by atoms with Crippen LogP contribution in [-0.2, 0) is 4.74 Å². The predicted molar refractivity (Wildman–Crippen MR) is 98.3 cm³/mol. The standard InChI is InChI=1S/C18H33N5O/c1-15(2)13-24-11-5-7-21-18(19-4)22-9-6-16(3)17(12-22)23-10-8-20-14-23/h8,10,14-17H,5-7,9,11-13H2,1-4H3,(H,19,21). The second kappa shape index (κ2) is 9.67. The van der Waals surface area contributed by atoms with Crippen LogP contribution in [0, 0.1) is 11.8 Å². The maximum Gasteiger partial charge on any atom is 0.193 e. The van der Waals surface area contributed by atoms with Crippen molar-refractivity contribution in [2.75, 3.05) is 39.9 Å². The molecule has 1 saturated heterocycles. The van der Waals surface area contributed by atoms with E-state index in [9.17, 15) is 0 Å². The predicted octanol–water partition coefficient (Wildman–Crippen LogP) is 2.40. The van der Waals surface area contributed by atoms with Crippen molar-refractivity contribution in [3.8, 4) is 0 Å². The van der Waals surface area contributed by atoms with Crippen molar-refractivity contribution in [1.82, 2.24) is 19.8 Å². The van der Waals surface area contributed by atoms with E-state index >= 15 is 0 Å². The molecule has 1 N–H and O–H groups in total. The molecule has 1 aliphatic heterocycles. The summed E-state index contributed by atoms with van der Waals surface area (Å²) in [4.78, 5) is 11.0. The van der Waals surface area contributed by atoms with E-state index in [1.807, 2.05) is 19.6 Å². The van der Waals surface area contributed by atoms with Crippen LogP contribution in [0.1, 0.15) is 39.7 Å². The van der Waals surface area contributed by atoms with Crippen molar-refractivity contribution < 1.29 is 4.74 Å². The van der Waals surface area contributed by atoms with E-state index in [4.69, 9.17) is 4.74 Å². The molecule has 0 aromatic carbocycles. The molecule has 0 radical (unpaired) electrons. The number of aromatic nitrogens is 2. The summed E-state index contributed by atoms with van der Waals surface area (Å²) in [7, 11) is 1.86. The maximum absolute atomic E-state index is 5.63. The Hall–Kier alpha value is -1.56. The highest BCUT2D eigenvalue weighted by Gasteiger charge is 2.28. The molecule has 0 bridgehead atoms. The lowest BCUT2D eigenvalue weighted by atomic mass is 9.93. The number of ether oxygens (including phenoxy) is 1. The van der Waals surface area contributed by atoms with Crippen LogP contribution >= 0.6 is 0 Å². The molecule has 1 aliphatic rings. The summed E-state index contributed by atoms with van der Waals surface area (Å²) >= 11 is 0. The van der Waals surface area contributed by atoms with Gasteiger partial charge in [-0.15, -0.1) is 0 Å². The smallest absolute Gasteiger partial charge is 0.193 e. The maximum atomic E-state index is 5.63. The van der Waals surface area contributed by atoms with Gasteiger partial charge >= 0.3 is 0 Å². The van der Waals surface area contributed by atoms with Gasteiger partial charge in [0.15, 0.2) is 5.96 Å². The first-order chi connectivity index (χ1) is 11.6. The van der Waals surface area contributed by atoms with Crippen LogP contribution in [0.3, 0.4) is 0 Å². The van der Waals surface area contributed by atoms with Crippen molar-refractivity contribution >= 4 is 5.96 Å². The summed E-state index contributed by atoms with van der Waals surface area (Å²) in [6.45, 7) is 11.2. The van der Waals surface area contributed by atoms with Gasteiger partial charge in [-0.05, 0) is 24.7 Å². The summed E-state index contributed by atoms with van der Waals surface area (Å²) in [5.41, 5.74) is 0. The highest BCUT2D eigenvalue weighted by Crippen LogP contribution is 2.27. The minimum absolute atomic E-state index is 0.453. The number of hydrogen-bond acceptors (Lipinski definition) is 3. The molecule has 0 spiro atoms. The minimum Gasteiger partial charge on any atom is -0.381 e. The first-order valence-electron chi connectivity index (χ1n) is 9.12. The van der Waals surface area contributed by atoms with Crippen LogP contribution in [0.5, 0.6) is 0 Å². The SMILES string of the molecule is CN=C(NCCCOCC(C)C)N1CCC(C)C(n2ccnc2)C1. The number of nitrogens with zero attached hydrogens (tertiary/aromatic N) is 4. The Morgan fingerprint density at radius 3 is 2.96 bits per heavy atom. The summed E-state index contributed by atoms with van der Waals surface area (Å²) in [5, 5.41) is 3.48. The monoisotopic (exact) mass is 335 g/mol. The Bertz CT molecular complexity index is 486. The zero-order valence-corrected chi connectivity index (χ0v) is 15.6. The lowest BCUT2D eigenvalue weighted by molar-refractivity contribution is 0.108. The molecule has 0 saturated carbocycles. The number of imidazole rings is 1. The van der Waals surface area contributed by atoms with Crippen LogP contribution in [0.4, 0.5) is 0 Å². The molecule has 2 unspecified atom stereocenters. The number of guanidine groups is 1. The van der Waals surface area contributed by atoms with Gasteiger partial charge in [0.05, 0.1) is 12.4 Å². The molecular weight excluding hydrogens is 302 g/mol. The van der Waals surface area contributed by atoms with Gasteiger partial charge in [-0.1, -0.05) is 20.8 Å². The molecule has 136 valence electrons. The van der Waals surface area contributed by atoms with E-state index < -0.39 is 0 Å². The molecule has 1 fully saturated rings. The second-order valence-electron chi connectivity index (χ2n) is 7.09. The van der Waals surface area contributed by atoms with E-state index in [0.717, 1.165) is 45.2 Å². The fourth-order valence-electron chi connectivity index (χ4n) is 3.12. The van der Waals surface area contributed by atoms with Crippen molar-refractivity contribution in [1.29, 1.82) is 0 Å². The van der Waals surface area contributed by atoms with Crippen LogP contribution in [0.25, 0.3) is 0 Å². The fourth-order valence-corrected chi connectivity index (χ4v) is 3.12. The quantitative estimate of drug-likeness (QED) is 0.472. The molecule has 0 aliphatic carbocycles. The van der Waals surface area contributed by atoms with Crippen LogP contribution < -0.4 is 5.32 Å². The Balaban J connectivity index is 1.78. The third kappa shape index (κ3) is 5.51. The first-order valence-corrected chi connectivity index (χ1v) is 9.12. The van der Waals surface area contributed by atoms with Crippen molar-refractivity contribution in [3.05, 3.63) is 18.7 Å². The van der Waals surface area contributed by atoms with Gasteiger partial charge in [-0.3, -0.25) is 4.99 Å². The molecule has 6 heteroatoms. The van der Waals surface area contributed by atoms with E-state index in [-0.39, 0.29) is 0 Å². The van der Waals surface area contributed by atoms with E-state index in [2.05, 4.69) is 51.7 Å². The Morgan fingerprint density at radius 2 is 2.29 bits per heavy atom. The van der Waals surface area contributed by atoms with Gasteiger partial charge in [-0.25, -0.2) is 4.98 Å². The molecule has 2 atom stereocenters. The topological polar surface area (TPSA) is 54.7 Å². The number of piperidine rings is 1. The molecule has 1 aromatic heterocycles. The largest absolute Gasteiger partial charge is 0.381 e. The molecule has 6 nitrogen and oxygen atoms in total. The Morgan fingerprint density at radius 1 is 1.46 bits per heavy atom. The van der Waals surface area contributed by atoms with Gasteiger partial charge in [0.1, 0.15) is 0 Å². The van der Waals surface area contributed by atoms with Crippen LogP contribution in [0.2, 0.25) is 0 Å². The van der Waals surface area contributed by atoms with E-state index in [1.165, 1.54) is 6.42 Å². The normalized spacial score (nSPS) is 22.2. The third-order valence-corrected chi connectivity index (χ3v) is 4.54. The van der Waals surface area contributed by atoms with Crippen molar-refractivity contribution in [3.63, 3.8) is 0 Å².